The van der Waals surface area contributed by atoms with E-state index in [1.807, 2.05) is 30.3 Å². The zero-order valence-electron chi connectivity index (χ0n) is 15.0. The third-order valence-electron chi connectivity index (χ3n) is 5.80. The Hall–Kier alpha value is -3.07. The molecule has 1 amide bonds. The SMILES string of the molecule is O=C(NCCOc1ccccc1)C1CC12c1ccccc1-c1ccccc12. The van der Waals surface area contributed by atoms with Gasteiger partial charge in [0, 0.05) is 5.41 Å². The monoisotopic (exact) mass is 355 g/mol. The van der Waals surface area contributed by atoms with Gasteiger partial charge in [0.1, 0.15) is 12.4 Å². The molecule has 1 unspecified atom stereocenters. The van der Waals surface area contributed by atoms with Crippen molar-refractivity contribution in [3.8, 4) is 16.9 Å². The molecule has 1 N–H and O–H groups in total. The van der Waals surface area contributed by atoms with Crippen molar-refractivity contribution >= 4 is 5.91 Å². The van der Waals surface area contributed by atoms with Crippen LogP contribution in [-0.2, 0) is 10.2 Å². The minimum atomic E-state index is -0.141. The zero-order chi connectivity index (χ0) is 18.3. The molecule has 134 valence electrons. The number of carbonyl (C=O) groups is 1. The van der Waals surface area contributed by atoms with Gasteiger partial charge < -0.3 is 10.1 Å². The Balaban J connectivity index is 1.29. The molecule has 3 aromatic rings. The van der Waals surface area contributed by atoms with Crippen molar-refractivity contribution in [1.29, 1.82) is 0 Å². The van der Waals surface area contributed by atoms with Gasteiger partial charge >= 0.3 is 0 Å². The van der Waals surface area contributed by atoms with E-state index in [4.69, 9.17) is 4.74 Å². The highest BCUT2D eigenvalue weighted by molar-refractivity contribution is 5.92. The van der Waals surface area contributed by atoms with Gasteiger partial charge in [0.2, 0.25) is 5.91 Å². The van der Waals surface area contributed by atoms with Gasteiger partial charge in [-0.25, -0.2) is 0 Å². The Labute approximate surface area is 159 Å². The van der Waals surface area contributed by atoms with E-state index >= 15 is 0 Å². The van der Waals surface area contributed by atoms with Crippen molar-refractivity contribution in [2.75, 3.05) is 13.2 Å². The number of fused-ring (bicyclic) bond motifs is 5. The van der Waals surface area contributed by atoms with Crippen LogP contribution in [0.15, 0.2) is 78.9 Å². The molecule has 1 spiro atoms. The maximum Gasteiger partial charge on any atom is 0.224 e. The summed E-state index contributed by atoms with van der Waals surface area (Å²) in [6.07, 6.45) is 0.881. The predicted molar refractivity (Wildman–Crippen MR) is 106 cm³/mol. The second kappa shape index (κ2) is 6.27. The smallest absolute Gasteiger partial charge is 0.224 e. The van der Waals surface area contributed by atoms with Crippen molar-refractivity contribution in [2.24, 2.45) is 5.92 Å². The molecule has 0 aromatic heterocycles. The second-order valence-corrected chi connectivity index (χ2v) is 7.27. The van der Waals surface area contributed by atoms with Gasteiger partial charge in [-0.3, -0.25) is 4.79 Å². The van der Waals surface area contributed by atoms with Crippen LogP contribution in [0.3, 0.4) is 0 Å². The Morgan fingerprint density at radius 3 is 2.15 bits per heavy atom. The summed E-state index contributed by atoms with van der Waals surface area (Å²) in [4.78, 5) is 12.8. The molecule has 3 aromatic carbocycles. The van der Waals surface area contributed by atoms with Gasteiger partial charge in [-0.05, 0) is 40.8 Å². The molecular weight excluding hydrogens is 334 g/mol. The Morgan fingerprint density at radius 1 is 0.889 bits per heavy atom. The van der Waals surface area contributed by atoms with Crippen LogP contribution in [0, 0.1) is 5.92 Å². The van der Waals surface area contributed by atoms with Crippen LogP contribution in [0.2, 0.25) is 0 Å². The molecule has 0 aliphatic heterocycles. The molecule has 27 heavy (non-hydrogen) atoms. The molecule has 3 heteroatoms. The fourth-order valence-electron chi connectivity index (χ4n) is 4.52. The molecule has 0 saturated heterocycles. The normalized spacial score (nSPS) is 17.9. The third-order valence-corrected chi connectivity index (χ3v) is 5.80. The standard InChI is InChI=1S/C24H21NO2/c26-23(25-14-15-27-17-8-2-1-3-9-17)22-16-24(22)20-12-6-4-10-18(20)19-11-5-7-13-21(19)24/h1-13,22H,14-16H2,(H,25,26). The number of benzene rings is 3. The van der Waals surface area contributed by atoms with Crippen LogP contribution in [0.25, 0.3) is 11.1 Å². The van der Waals surface area contributed by atoms with E-state index in [-0.39, 0.29) is 17.2 Å². The van der Waals surface area contributed by atoms with Crippen molar-refractivity contribution in [1.82, 2.24) is 5.32 Å². The lowest BCUT2D eigenvalue weighted by molar-refractivity contribution is -0.122. The molecule has 2 aliphatic rings. The Kier molecular flexibility index (Phi) is 3.75. The Morgan fingerprint density at radius 2 is 1.48 bits per heavy atom. The second-order valence-electron chi connectivity index (χ2n) is 7.27. The summed E-state index contributed by atoms with van der Waals surface area (Å²) < 4.78 is 5.67. The van der Waals surface area contributed by atoms with Crippen molar-refractivity contribution in [3.05, 3.63) is 90.0 Å². The predicted octanol–water partition coefficient (Wildman–Crippen LogP) is 4.17. The fraction of sp³-hybridized carbons (Fsp3) is 0.208. The first kappa shape index (κ1) is 16.1. The number of amides is 1. The molecule has 0 heterocycles. The highest BCUT2D eigenvalue weighted by Crippen LogP contribution is 2.66. The van der Waals surface area contributed by atoms with Gasteiger partial charge in [-0.2, -0.15) is 0 Å². The first-order valence-corrected chi connectivity index (χ1v) is 9.46. The molecular formula is C24H21NO2. The van der Waals surface area contributed by atoms with E-state index in [1.165, 1.54) is 22.3 Å². The lowest BCUT2D eigenvalue weighted by atomic mass is 9.90. The summed E-state index contributed by atoms with van der Waals surface area (Å²) in [5.41, 5.74) is 5.00. The van der Waals surface area contributed by atoms with E-state index in [1.54, 1.807) is 0 Å². The maximum absolute atomic E-state index is 12.8. The molecule has 0 radical (unpaired) electrons. The number of hydrogen-bond acceptors (Lipinski definition) is 2. The average Bonchev–Trinajstić information content (AvgIpc) is 3.42. The lowest BCUT2D eigenvalue weighted by Gasteiger charge is -2.14. The van der Waals surface area contributed by atoms with Crippen LogP contribution in [0.4, 0.5) is 0 Å². The maximum atomic E-state index is 12.8. The summed E-state index contributed by atoms with van der Waals surface area (Å²) >= 11 is 0. The summed E-state index contributed by atoms with van der Waals surface area (Å²) in [6.45, 7) is 0.992. The first-order chi connectivity index (χ1) is 13.3. The molecule has 3 nitrogen and oxygen atoms in total. The largest absolute Gasteiger partial charge is 0.492 e. The summed E-state index contributed by atoms with van der Waals surface area (Å²) in [5.74, 6) is 0.950. The van der Waals surface area contributed by atoms with Crippen molar-refractivity contribution < 1.29 is 9.53 Å². The number of hydrogen-bond donors (Lipinski definition) is 1. The first-order valence-electron chi connectivity index (χ1n) is 9.46. The van der Waals surface area contributed by atoms with Gasteiger partial charge in [-0.15, -0.1) is 0 Å². The number of para-hydroxylation sites is 1. The average molecular weight is 355 g/mol. The highest BCUT2D eigenvalue weighted by atomic mass is 16.5. The van der Waals surface area contributed by atoms with Crippen molar-refractivity contribution in [2.45, 2.75) is 11.8 Å². The minimum absolute atomic E-state index is 0.000903. The number of nitrogens with one attached hydrogen (secondary N) is 1. The van der Waals surface area contributed by atoms with Gasteiger partial charge in [0.25, 0.3) is 0 Å². The van der Waals surface area contributed by atoms with Gasteiger partial charge in [-0.1, -0.05) is 66.7 Å². The zero-order valence-corrected chi connectivity index (χ0v) is 15.0. The minimum Gasteiger partial charge on any atom is -0.492 e. The van der Waals surface area contributed by atoms with Gasteiger partial charge in [0.05, 0.1) is 12.5 Å². The van der Waals surface area contributed by atoms with E-state index < -0.39 is 0 Å². The molecule has 5 rings (SSSR count). The van der Waals surface area contributed by atoms with Crippen LogP contribution < -0.4 is 10.1 Å². The fourth-order valence-corrected chi connectivity index (χ4v) is 4.52. The van der Waals surface area contributed by atoms with Crippen LogP contribution in [0.5, 0.6) is 5.75 Å². The van der Waals surface area contributed by atoms with E-state index in [0.717, 1.165) is 12.2 Å². The number of ether oxygens (including phenoxy) is 1. The summed E-state index contributed by atoms with van der Waals surface area (Å²) in [7, 11) is 0. The molecule has 1 saturated carbocycles. The molecule has 0 bridgehead atoms. The number of rotatable bonds is 5. The van der Waals surface area contributed by atoms with Crippen LogP contribution in [-0.4, -0.2) is 19.1 Å². The third kappa shape index (κ3) is 2.54. The van der Waals surface area contributed by atoms with E-state index in [0.29, 0.717) is 13.2 Å². The molecule has 2 aliphatic carbocycles. The summed E-state index contributed by atoms with van der Waals surface area (Å²) in [6, 6.07) is 26.7. The van der Waals surface area contributed by atoms with Crippen LogP contribution in [0.1, 0.15) is 17.5 Å². The highest BCUT2D eigenvalue weighted by Gasteiger charge is 2.63. The van der Waals surface area contributed by atoms with E-state index in [9.17, 15) is 4.79 Å². The molecule has 1 atom stereocenters. The van der Waals surface area contributed by atoms with E-state index in [2.05, 4.69) is 53.8 Å². The Bertz CT molecular complexity index is 951. The van der Waals surface area contributed by atoms with Gasteiger partial charge in [0.15, 0.2) is 0 Å². The lowest BCUT2D eigenvalue weighted by Crippen LogP contribution is -2.31. The quantitative estimate of drug-likeness (QED) is 0.698. The molecule has 1 fully saturated rings. The number of carbonyl (C=O) groups excluding carboxylic acids is 1. The van der Waals surface area contributed by atoms with Crippen LogP contribution >= 0.6 is 0 Å². The summed E-state index contributed by atoms with van der Waals surface area (Å²) in [5, 5.41) is 3.06. The van der Waals surface area contributed by atoms with Crippen molar-refractivity contribution in [3.63, 3.8) is 0 Å². The topological polar surface area (TPSA) is 38.3 Å².